The Hall–Kier alpha value is -1.72. The highest BCUT2D eigenvalue weighted by atomic mass is 19.1. The second kappa shape index (κ2) is 7.70. The van der Waals surface area contributed by atoms with Crippen LogP contribution in [0.25, 0.3) is 0 Å². The van der Waals surface area contributed by atoms with E-state index in [0.29, 0.717) is 12.3 Å². The van der Waals surface area contributed by atoms with E-state index in [9.17, 15) is 9.50 Å². The van der Waals surface area contributed by atoms with E-state index in [1.54, 1.807) is 24.6 Å². The molecule has 1 aromatic carbocycles. The topological polar surface area (TPSA) is 49.5 Å². The molecule has 0 saturated carbocycles. The molecule has 0 bridgehead atoms. The Bertz CT molecular complexity index is 578. The van der Waals surface area contributed by atoms with Gasteiger partial charge in [0.15, 0.2) is 5.89 Å². The highest BCUT2D eigenvalue weighted by Crippen LogP contribution is 2.27. The Balaban J connectivity index is 1.37. The van der Waals surface area contributed by atoms with Crippen molar-refractivity contribution in [3.8, 4) is 0 Å². The molecular weight excluding hydrogens is 295 g/mol. The Kier molecular flexibility index (Phi) is 5.41. The average molecular weight is 318 g/mol. The van der Waals surface area contributed by atoms with E-state index in [1.165, 1.54) is 12.1 Å². The van der Waals surface area contributed by atoms with Gasteiger partial charge in [-0.05, 0) is 63.0 Å². The summed E-state index contributed by atoms with van der Waals surface area (Å²) in [6.45, 7) is 3.07. The van der Waals surface area contributed by atoms with E-state index in [4.69, 9.17) is 4.42 Å². The first-order chi connectivity index (χ1) is 11.2. The smallest absolute Gasteiger partial charge is 0.197 e. The summed E-state index contributed by atoms with van der Waals surface area (Å²) in [6, 6.07) is 6.10. The molecule has 0 amide bonds. The van der Waals surface area contributed by atoms with Crippen LogP contribution < -0.4 is 0 Å². The standard InChI is InChI=1S/C18H23FN2O2/c19-16-5-3-14(4-6-16)17(22)2-1-10-21-11-7-15(8-12-21)18-20-9-13-23-18/h3-6,9,13,15,17,22H,1-2,7-8,10-12H2. The van der Waals surface area contributed by atoms with Crippen molar-refractivity contribution in [1.82, 2.24) is 9.88 Å². The van der Waals surface area contributed by atoms with E-state index >= 15 is 0 Å². The molecule has 3 rings (SSSR count). The van der Waals surface area contributed by atoms with Gasteiger partial charge in [-0.3, -0.25) is 0 Å². The van der Waals surface area contributed by atoms with Crippen LogP contribution in [0.5, 0.6) is 0 Å². The normalized spacial score (nSPS) is 18.2. The summed E-state index contributed by atoms with van der Waals surface area (Å²) in [5.41, 5.74) is 0.786. The van der Waals surface area contributed by atoms with Crippen LogP contribution in [0.15, 0.2) is 41.1 Å². The van der Waals surface area contributed by atoms with Crippen LogP contribution in [0.4, 0.5) is 4.39 Å². The maximum absolute atomic E-state index is 12.9. The van der Waals surface area contributed by atoms with Gasteiger partial charge in [-0.2, -0.15) is 0 Å². The quantitative estimate of drug-likeness (QED) is 0.885. The Morgan fingerprint density at radius 3 is 2.65 bits per heavy atom. The van der Waals surface area contributed by atoms with Gasteiger partial charge in [-0.25, -0.2) is 9.37 Å². The predicted octanol–water partition coefficient (Wildman–Crippen LogP) is 3.51. The van der Waals surface area contributed by atoms with E-state index in [0.717, 1.165) is 50.4 Å². The predicted molar refractivity (Wildman–Crippen MR) is 85.5 cm³/mol. The van der Waals surface area contributed by atoms with Crippen molar-refractivity contribution in [3.63, 3.8) is 0 Å². The Morgan fingerprint density at radius 1 is 1.26 bits per heavy atom. The lowest BCUT2D eigenvalue weighted by Crippen LogP contribution is -2.33. The number of rotatable bonds is 6. The number of hydrogen-bond acceptors (Lipinski definition) is 4. The zero-order valence-electron chi connectivity index (χ0n) is 13.2. The molecule has 1 saturated heterocycles. The van der Waals surface area contributed by atoms with Gasteiger partial charge in [0.25, 0.3) is 0 Å². The molecule has 4 nitrogen and oxygen atoms in total. The molecule has 0 radical (unpaired) electrons. The minimum atomic E-state index is -0.513. The average Bonchev–Trinajstić information content (AvgIpc) is 3.10. The monoisotopic (exact) mass is 318 g/mol. The van der Waals surface area contributed by atoms with Crippen molar-refractivity contribution in [1.29, 1.82) is 0 Å². The molecule has 23 heavy (non-hydrogen) atoms. The van der Waals surface area contributed by atoms with E-state index in [2.05, 4.69) is 9.88 Å². The highest BCUT2D eigenvalue weighted by molar-refractivity contribution is 5.18. The fourth-order valence-electron chi connectivity index (χ4n) is 3.20. The number of benzene rings is 1. The fourth-order valence-corrected chi connectivity index (χ4v) is 3.20. The molecular formula is C18H23FN2O2. The number of oxazole rings is 1. The van der Waals surface area contributed by atoms with Gasteiger partial charge in [-0.1, -0.05) is 12.1 Å². The molecule has 1 fully saturated rings. The number of likely N-dealkylation sites (tertiary alicyclic amines) is 1. The summed E-state index contributed by atoms with van der Waals surface area (Å²) in [6.07, 6.45) is 6.60. The first kappa shape index (κ1) is 16.1. The van der Waals surface area contributed by atoms with Gasteiger partial charge in [0.2, 0.25) is 0 Å². The minimum absolute atomic E-state index is 0.269. The van der Waals surface area contributed by atoms with Gasteiger partial charge < -0.3 is 14.4 Å². The fraction of sp³-hybridized carbons (Fsp3) is 0.500. The first-order valence-corrected chi connectivity index (χ1v) is 8.27. The van der Waals surface area contributed by atoms with Gasteiger partial charge >= 0.3 is 0 Å². The van der Waals surface area contributed by atoms with Crippen molar-refractivity contribution < 1.29 is 13.9 Å². The van der Waals surface area contributed by atoms with Crippen molar-refractivity contribution >= 4 is 0 Å². The molecule has 2 aromatic rings. The number of aliphatic hydroxyl groups excluding tert-OH is 1. The first-order valence-electron chi connectivity index (χ1n) is 8.27. The zero-order chi connectivity index (χ0) is 16.1. The Labute approximate surface area is 136 Å². The lowest BCUT2D eigenvalue weighted by atomic mass is 9.96. The minimum Gasteiger partial charge on any atom is -0.449 e. The van der Waals surface area contributed by atoms with Crippen LogP contribution in [0.2, 0.25) is 0 Å². The SMILES string of the molecule is OC(CCCN1CCC(c2ncco2)CC1)c1ccc(F)cc1. The number of nitrogens with zero attached hydrogens (tertiary/aromatic N) is 2. The molecule has 124 valence electrons. The third-order valence-corrected chi connectivity index (χ3v) is 4.59. The van der Waals surface area contributed by atoms with E-state index < -0.39 is 6.10 Å². The third kappa shape index (κ3) is 4.39. The maximum atomic E-state index is 12.9. The van der Waals surface area contributed by atoms with Gasteiger partial charge in [0.1, 0.15) is 12.1 Å². The molecule has 0 aliphatic carbocycles. The molecule has 1 N–H and O–H groups in total. The number of piperidine rings is 1. The molecule has 1 unspecified atom stereocenters. The summed E-state index contributed by atoms with van der Waals surface area (Å²) in [7, 11) is 0. The van der Waals surface area contributed by atoms with Crippen molar-refractivity contribution in [2.45, 2.75) is 37.7 Å². The number of hydrogen-bond donors (Lipinski definition) is 1. The zero-order valence-corrected chi connectivity index (χ0v) is 13.2. The lowest BCUT2D eigenvalue weighted by molar-refractivity contribution is 0.146. The summed E-state index contributed by atoms with van der Waals surface area (Å²) >= 11 is 0. The maximum Gasteiger partial charge on any atom is 0.197 e. The molecule has 2 heterocycles. The largest absolute Gasteiger partial charge is 0.449 e. The lowest BCUT2D eigenvalue weighted by Gasteiger charge is -2.30. The van der Waals surface area contributed by atoms with Crippen molar-refractivity contribution in [2.24, 2.45) is 0 Å². The number of halogens is 1. The summed E-state index contributed by atoms with van der Waals surface area (Å²) in [4.78, 5) is 6.67. The van der Waals surface area contributed by atoms with Crippen molar-refractivity contribution in [2.75, 3.05) is 19.6 Å². The number of aromatic nitrogens is 1. The second-order valence-corrected chi connectivity index (χ2v) is 6.20. The summed E-state index contributed by atoms with van der Waals surface area (Å²) in [5, 5.41) is 10.1. The van der Waals surface area contributed by atoms with Crippen LogP contribution in [0.1, 0.15) is 49.2 Å². The van der Waals surface area contributed by atoms with Crippen LogP contribution >= 0.6 is 0 Å². The van der Waals surface area contributed by atoms with Gasteiger partial charge in [0.05, 0.1) is 12.3 Å². The van der Waals surface area contributed by atoms with Crippen LogP contribution in [0.3, 0.4) is 0 Å². The Morgan fingerprint density at radius 2 is 2.00 bits per heavy atom. The van der Waals surface area contributed by atoms with E-state index in [1.807, 2.05) is 0 Å². The second-order valence-electron chi connectivity index (χ2n) is 6.20. The van der Waals surface area contributed by atoms with Crippen molar-refractivity contribution in [3.05, 3.63) is 54.0 Å². The van der Waals surface area contributed by atoms with Crippen LogP contribution in [-0.4, -0.2) is 34.6 Å². The molecule has 5 heteroatoms. The van der Waals surface area contributed by atoms with Crippen LogP contribution in [-0.2, 0) is 0 Å². The summed E-state index contributed by atoms with van der Waals surface area (Å²) in [5.74, 6) is 1.03. The van der Waals surface area contributed by atoms with Crippen LogP contribution in [0, 0.1) is 5.82 Å². The molecule has 1 atom stereocenters. The highest BCUT2D eigenvalue weighted by Gasteiger charge is 2.23. The molecule has 0 spiro atoms. The summed E-state index contributed by atoms with van der Waals surface area (Å²) < 4.78 is 18.3. The van der Waals surface area contributed by atoms with E-state index in [-0.39, 0.29) is 5.82 Å². The third-order valence-electron chi connectivity index (χ3n) is 4.59. The molecule has 1 aliphatic rings. The van der Waals surface area contributed by atoms with Gasteiger partial charge in [0, 0.05) is 5.92 Å². The molecule has 1 aromatic heterocycles. The molecule has 1 aliphatic heterocycles. The van der Waals surface area contributed by atoms with Gasteiger partial charge in [-0.15, -0.1) is 0 Å². The number of aliphatic hydroxyl groups is 1.